The first kappa shape index (κ1) is 11.4. The molecule has 1 unspecified atom stereocenters. The van der Waals surface area contributed by atoms with E-state index in [1.54, 1.807) is 31.4 Å². The van der Waals surface area contributed by atoms with Gasteiger partial charge in [-0.2, -0.15) is 0 Å². The predicted octanol–water partition coefficient (Wildman–Crippen LogP) is 2.89. The Morgan fingerprint density at radius 1 is 1.38 bits per heavy atom. The zero-order chi connectivity index (χ0) is 11.5. The van der Waals surface area contributed by atoms with Gasteiger partial charge in [-0.05, 0) is 17.7 Å². The molecule has 0 fully saturated rings. The minimum absolute atomic E-state index is 0.572. The van der Waals surface area contributed by atoms with Crippen molar-refractivity contribution in [2.75, 3.05) is 7.11 Å². The molecule has 1 N–H and O–H groups in total. The molecule has 1 heterocycles. The van der Waals surface area contributed by atoms with Crippen LogP contribution in [0.4, 0.5) is 0 Å². The van der Waals surface area contributed by atoms with Crippen LogP contribution in [0.3, 0.4) is 0 Å². The predicted molar refractivity (Wildman–Crippen MR) is 64.2 cm³/mol. The highest BCUT2D eigenvalue weighted by Crippen LogP contribution is 2.29. The van der Waals surface area contributed by atoms with Crippen molar-refractivity contribution in [2.45, 2.75) is 6.10 Å². The second kappa shape index (κ2) is 4.82. The molecule has 0 radical (unpaired) electrons. The average Bonchev–Trinajstić information content (AvgIpc) is 2.75. The Balaban J connectivity index is 2.23. The Morgan fingerprint density at radius 3 is 2.56 bits per heavy atom. The van der Waals surface area contributed by atoms with Gasteiger partial charge in [0, 0.05) is 0 Å². The number of thiazole rings is 1. The number of aliphatic hydroxyl groups is 1. The molecule has 0 saturated carbocycles. The monoisotopic (exact) mass is 255 g/mol. The number of rotatable bonds is 3. The van der Waals surface area contributed by atoms with E-state index in [1.165, 1.54) is 17.5 Å². The molecule has 3 nitrogen and oxygen atoms in total. The molecule has 0 aliphatic carbocycles. The van der Waals surface area contributed by atoms with Gasteiger partial charge in [0.05, 0.1) is 13.3 Å². The Labute approximate surface area is 102 Å². The van der Waals surface area contributed by atoms with Crippen molar-refractivity contribution in [3.8, 4) is 5.75 Å². The first-order valence-corrected chi connectivity index (χ1v) is 5.83. The van der Waals surface area contributed by atoms with Crippen molar-refractivity contribution < 1.29 is 9.84 Å². The molecule has 84 valence electrons. The van der Waals surface area contributed by atoms with E-state index in [-0.39, 0.29) is 0 Å². The van der Waals surface area contributed by atoms with Crippen LogP contribution < -0.4 is 4.74 Å². The van der Waals surface area contributed by atoms with E-state index in [1.807, 2.05) is 0 Å². The van der Waals surface area contributed by atoms with Crippen LogP contribution in [-0.4, -0.2) is 17.2 Å². The fraction of sp³-hybridized carbons (Fsp3) is 0.182. The maximum absolute atomic E-state index is 10.0. The molecule has 0 amide bonds. The number of benzene rings is 1. The van der Waals surface area contributed by atoms with E-state index >= 15 is 0 Å². The number of methoxy groups -OCH3 is 1. The third kappa shape index (κ3) is 2.35. The van der Waals surface area contributed by atoms with E-state index in [9.17, 15) is 5.11 Å². The summed E-state index contributed by atoms with van der Waals surface area (Å²) in [5, 5.41) is 10.6. The highest BCUT2D eigenvalue weighted by molar-refractivity contribution is 7.15. The van der Waals surface area contributed by atoms with Crippen molar-refractivity contribution >= 4 is 22.9 Å². The molecule has 2 aromatic rings. The summed E-state index contributed by atoms with van der Waals surface area (Å²) < 4.78 is 5.61. The standard InChI is InChI=1S/C11H10ClNO2S/c1-15-8-4-2-7(3-5-8)10(14)11-13-6-9(12)16-11/h2-6,10,14H,1H3. The maximum atomic E-state index is 10.0. The van der Waals surface area contributed by atoms with Crippen LogP contribution in [0.2, 0.25) is 4.34 Å². The number of hydrogen-bond donors (Lipinski definition) is 1. The molecule has 0 spiro atoms. The van der Waals surface area contributed by atoms with Gasteiger partial charge in [0.15, 0.2) is 0 Å². The Hall–Kier alpha value is -1.10. The van der Waals surface area contributed by atoms with Crippen LogP contribution in [-0.2, 0) is 0 Å². The van der Waals surface area contributed by atoms with Gasteiger partial charge in [-0.3, -0.25) is 0 Å². The molecule has 0 aliphatic rings. The van der Waals surface area contributed by atoms with Gasteiger partial charge >= 0.3 is 0 Å². The highest BCUT2D eigenvalue weighted by Gasteiger charge is 2.14. The highest BCUT2D eigenvalue weighted by atomic mass is 35.5. The van der Waals surface area contributed by atoms with Crippen LogP contribution in [0.15, 0.2) is 30.5 Å². The van der Waals surface area contributed by atoms with E-state index in [0.29, 0.717) is 9.34 Å². The molecular weight excluding hydrogens is 246 g/mol. The summed E-state index contributed by atoms with van der Waals surface area (Å²) in [7, 11) is 1.60. The SMILES string of the molecule is COc1ccc(C(O)c2ncc(Cl)s2)cc1. The molecule has 5 heteroatoms. The second-order valence-corrected chi connectivity index (χ2v) is 4.87. The van der Waals surface area contributed by atoms with Crippen molar-refractivity contribution in [1.29, 1.82) is 0 Å². The van der Waals surface area contributed by atoms with Crippen LogP contribution in [0.25, 0.3) is 0 Å². The Morgan fingerprint density at radius 2 is 2.06 bits per heavy atom. The smallest absolute Gasteiger partial charge is 0.131 e. The lowest BCUT2D eigenvalue weighted by atomic mass is 10.1. The minimum Gasteiger partial charge on any atom is -0.497 e. The van der Waals surface area contributed by atoms with Crippen molar-refractivity contribution in [3.05, 3.63) is 45.4 Å². The first-order valence-electron chi connectivity index (χ1n) is 4.64. The lowest BCUT2D eigenvalue weighted by Gasteiger charge is -2.08. The minimum atomic E-state index is -0.733. The van der Waals surface area contributed by atoms with Gasteiger partial charge in [-0.15, -0.1) is 11.3 Å². The molecule has 0 bridgehead atoms. The lowest BCUT2D eigenvalue weighted by Crippen LogP contribution is -1.98. The zero-order valence-corrected chi connectivity index (χ0v) is 10.1. The molecule has 0 aliphatic heterocycles. The normalized spacial score (nSPS) is 12.4. The molecule has 0 saturated heterocycles. The summed E-state index contributed by atoms with van der Waals surface area (Å²) in [4.78, 5) is 4.04. The van der Waals surface area contributed by atoms with Crippen LogP contribution >= 0.6 is 22.9 Å². The summed E-state index contributed by atoms with van der Waals surface area (Å²) >= 11 is 7.04. The van der Waals surface area contributed by atoms with Crippen molar-refractivity contribution in [3.63, 3.8) is 0 Å². The third-order valence-corrected chi connectivity index (χ3v) is 3.33. The van der Waals surface area contributed by atoms with Gasteiger partial charge in [0.1, 0.15) is 21.2 Å². The number of aromatic nitrogens is 1. The van der Waals surface area contributed by atoms with E-state index in [2.05, 4.69) is 4.98 Å². The van der Waals surface area contributed by atoms with Gasteiger partial charge in [-0.1, -0.05) is 23.7 Å². The van der Waals surface area contributed by atoms with E-state index in [4.69, 9.17) is 16.3 Å². The van der Waals surface area contributed by atoms with Crippen LogP contribution in [0.5, 0.6) is 5.75 Å². The quantitative estimate of drug-likeness (QED) is 0.917. The zero-order valence-electron chi connectivity index (χ0n) is 8.55. The summed E-state index contributed by atoms with van der Waals surface area (Å²) in [5.74, 6) is 0.758. The molecule has 1 atom stereocenters. The number of halogens is 1. The first-order chi connectivity index (χ1) is 7.70. The second-order valence-electron chi connectivity index (χ2n) is 3.18. The maximum Gasteiger partial charge on any atom is 0.131 e. The van der Waals surface area contributed by atoms with Crippen molar-refractivity contribution in [1.82, 2.24) is 4.98 Å². The summed E-state index contributed by atoms with van der Waals surface area (Å²) in [6, 6.07) is 7.21. The fourth-order valence-electron chi connectivity index (χ4n) is 1.32. The van der Waals surface area contributed by atoms with Crippen LogP contribution in [0, 0.1) is 0 Å². The number of hydrogen-bond acceptors (Lipinski definition) is 4. The number of nitrogens with zero attached hydrogens (tertiary/aromatic N) is 1. The number of aliphatic hydroxyl groups excluding tert-OH is 1. The molecule has 16 heavy (non-hydrogen) atoms. The molecule has 1 aromatic heterocycles. The topological polar surface area (TPSA) is 42.4 Å². The van der Waals surface area contributed by atoms with Gasteiger partial charge in [0.25, 0.3) is 0 Å². The fourth-order valence-corrected chi connectivity index (χ4v) is 2.27. The molecule has 2 rings (SSSR count). The Kier molecular flexibility index (Phi) is 3.43. The average molecular weight is 256 g/mol. The van der Waals surface area contributed by atoms with Crippen LogP contribution in [0.1, 0.15) is 16.7 Å². The summed E-state index contributed by atoms with van der Waals surface area (Å²) in [5.41, 5.74) is 0.770. The van der Waals surface area contributed by atoms with Gasteiger partial charge in [-0.25, -0.2) is 4.98 Å². The van der Waals surface area contributed by atoms with E-state index in [0.717, 1.165) is 11.3 Å². The van der Waals surface area contributed by atoms with E-state index < -0.39 is 6.10 Å². The number of ether oxygens (including phenoxy) is 1. The molecular formula is C11H10ClNO2S. The molecule has 1 aromatic carbocycles. The summed E-state index contributed by atoms with van der Waals surface area (Å²) in [6.45, 7) is 0. The Bertz CT molecular complexity index is 469. The van der Waals surface area contributed by atoms with Gasteiger partial charge < -0.3 is 9.84 Å². The van der Waals surface area contributed by atoms with Gasteiger partial charge in [0.2, 0.25) is 0 Å². The summed E-state index contributed by atoms with van der Waals surface area (Å²) in [6.07, 6.45) is 0.803. The lowest BCUT2D eigenvalue weighted by molar-refractivity contribution is 0.219. The third-order valence-electron chi connectivity index (χ3n) is 2.16. The largest absolute Gasteiger partial charge is 0.497 e. The van der Waals surface area contributed by atoms with Crippen molar-refractivity contribution in [2.24, 2.45) is 0 Å².